The molecule has 0 saturated heterocycles. The number of hydrazine groups is 1. The molecule has 2 amide bonds. The third-order valence-electron chi connectivity index (χ3n) is 3.33. The van der Waals surface area contributed by atoms with Crippen LogP contribution >= 0.6 is 11.3 Å². The van der Waals surface area contributed by atoms with Crippen LogP contribution < -0.4 is 15.6 Å². The number of para-hydroxylation sites is 1. The first-order chi connectivity index (χ1) is 11.0. The van der Waals surface area contributed by atoms with Gasteiger partial charge in [0.1, 0.15) is 5.75 Å². The van der Waals surface area contributed by atoms with Gasteiger partial charge in [-0.15, -0.1) is 11.3 Å². The number of hydrogen-bond acceptors (Lipinski definition) is 4. The van der Waals surface area contributed by atoms with Crippen LogP contribution in [0.2, 0.25) is 0 Å². The van der Waals surface area contributed by atoms with E-state index < -0.39 is 5.91 Å². The quantitative estimate of drug-likeness (QED) is 0.827. The van der Waals surface area contributed by atoms with Gasteiger partial charge in [-0.25, -0.2) is 0 Å². The lowest BCUT2D eigenvalue weighted by Gasteiger charge is -2.09. The summed E-state index contributed by atoms with van der Waals surface area (Å²) in [6.07, 6.45) is 0.889. The number of amides is 2. The number of nitrogens with one attached hydrogen (secondary N) is 2. The van der Waals surface area contributed by atoms with Gasteiger partial charge in [-0.3, -0.25) is 20.4 Å². The highest BCUT2D eigenvalue weighted by Gasteiger charge is 2.12. The monoisotopic (exact) mass is 332 g/mol. The van der Waals surface area contributed by atoms with E-state index >= 15 is 0 Å². The van der Waals surface area contributed by atoms with Crippen molar-refractivity contribution < 1.29 is 14.3 Å². The molecule has 0 spiro atoms. The highest BCUT2D eigenvalue weighted by molar-refractivity contribution is 7.14. The fraction of sp³-hybridized carbons (Fsp3) is 0.294. The number of carbonyl (C=O) groups is 2. The Balaban J connectivity index is 1.82. The number of rotatable bonds is 5. The van der Waals surface area contributed by atoms with Gasteiger partial charge in [0.25, 0.3) is 11.8 Å². The first-order valence-electron chi connectivity index (χ1n) is 7.38. The number of benzene rings is 1. The number of ether oxygens (including phenoxy) is 1. The van der Waals surface area contributed by atoms with E-state index in [1.807, 2.05) is 45.0 Å². The lowest BCUT2D eigenvalue weighted by Crippen LogP contribution is -2.43. The van der Waals surface area contributed by atoms with Gasteiger partial charge in [-0.1, -0.05) is 25.1 Å². The summed E-state index contributed by atoms with van der Waals surface area (Å²) in [6.45, 7) is 5.76. The zero-order chi connectivity index (χ0) is 16.8. The molecule has 0 fully saturated rings. The van der Waals surface area contributed by atoms with E-state index in [1.54, 1.807) is 6.07 Å². The average Bonchev–Trinajstić information content (AvgIpc) is 2.93. The minimum atomic E-state index is -0.411. The van der Waals surface area contributed by atoms with Crippen molar-refractivity contribution in [2.45, 2.75) is 27.2 Å². The molecule has 0 atom stereocenters. The second-order valence-electron chi connectivity index (χ2n) is 5.13. The number of hydrogen-bond donors (Lipinski definition) is 2. The molecule has 2 rings (SSSR count). The number of aryl methyl sites for hydroxylation is 3. The Bertz CT molecular complexity index is 710. The van der Waals surface area contributed by atoms with Gasteiger partial charge in [0.05, 0.1) is 4.88 Å². The summed E-state index contributed by atoms with van der Waals surface area (Å²) < 4.78 is 5.42. The molecular formula is C17H20N2O3S. The Morgan fingerprint density at radius 2 is 1.87 bits per heavy atom. The van der Waals surface area contributed by atoms with Crippen LogP contribution in [0, 0.1) is 13.8 Å². The van der Waals surface area contributed by atoms with Gasteiger partial charge < -0.3 is 4.74 Å². The van der Waals surface area contributed by atoms with Crippen molar-refractivity contribution in [2.75, 3.05) is 6.61 Å². The molecule has 0 radical (unpaired) electrons. The molecule has 23 heavy (non-hydrogen) atoms. The van der Waals surface area contributed by atoms with E-state index in [-0.39, 0.29) is 12.5 Å². The lowest BCUT2D eigenvalue weighted by atomic mass is 10.2. The second kappa shape index (κ2) is 7.78. The molecule has 0 aliphatic heterocycles. The van der Waals surface area contributed by atoms with Crippen LogP contribution in [0.1, 0.15) is 32.6 Å². The zero-order valence-electron chi connectivity index (χ0n) is 13.4. The predicted octanol–water partition coefficient (Wildman–Crippen LogP) is 2.77. The van der Waals surface area contributed by atoms with Crippen molar-refractivity contribution in [2.24, 2.45) is 0 Å². The van der Waals surface area contributed by atoms with Gasteiger partial charge in [0.2, 0.25) is 0 Å². The van der Waals surface area contributed by atoms with Gasteiger partial charge >= 0.3 is 0 Å². The molecule has 122 valence electrons. The summed E-state index contributed by atoms with van der Waals surface area (Å²) in [6, 6.07) is 9.26. The minimum absolute atomic E-state index is 0.158. The van der Waals surface area contributed by atoms with Crippen molar-refractivity contribution in [1.82, 2.24) is 10.9 Å². The predicted molar refractivity (Wildman–Crippen MR) is 90.7 cm³/mol. The molecule has 0 aliphatic carbocycles. The summed E-state index contributed by atoms with van der Waals surface area (Å²) in [5.41, 5.74) is 6.81. The summed E-state index contributed by atoms with van der Waals surface area (Å²) >= 11 is 1.44. The normalized spacial score (nSPS) is 10.2. The average molecular weight is 332 g/mol. The molecule has 2 N–H and O–H groups in total. The summed E-state index contributed by atoms with van der Waals surface area (Å²) in [5, 5.41) is 0. The molecule has 0 aliphatic rings. The number of carbonyl (C=O) groups excluding carboxylic acids is 2. The number of thiophene rings is 1. The fourth-order valence-corrected chi connectivity index (χ4v) is 3.08. The van der Waals surface area contributed by atoms with Crippen molar-refractivity contribution in [3.05, 3.63) is 51.2 Å². The van der Waals surface area contributed by atoms with Crippen LogP contribution in [0.15, 0.2) is 30.3 Å². The maximum Gasteiger partial charge on any atom is 0.279 e. The molecular weight excluding hydrogens is 312 g/mol. The van der Waals surface area contributed by atoms with E-state index in [2.05, 4.69) is 10.9 Å². The van der Waals surface area contributed by atoms with Crippen LogP contribution in [0.3, 0.4) is 0 Å². The highest BCUT2D eigenvalue weighted by atomic mass is 32.1. The topological polar surface area (TPSA) is 67.4 Å². The van der Waals surface area contributed by atoms with Gasteiger partial charge in [0, 0.05) is 4.88 Å². The molecule has 5 nitrogen and oxygen atoms in total. The van der Waals surface area contributed by atoms with Gasteiger partial charge in [0.15, 0.2) is 6.61 Å². The second-order valence-corrected chi connectivity index (χ2v) is 6.26. The van der Waals surface area contributed by atoms with Crippen LogP contribution in [-0.4, -0.2) is 18.4 Å². The molecule has 1 heterocycles. The standard InChI is InChI=1S/C17H20N2O3S/c1-4-14-12(3)9-15(23-14)17(21)19-18-16(20)10-22-13-8-6-5-7-11(13)2/h5-9H,4,10H2,1-3H3,(H,18,20)(H,19,21). The first-order valence-corrected chi connectivity index (χ1v) is 8.19. The van der Waals surface area contributed by atoms with E-state index in [0.717, 1.165) is 17.5 Å². The largest absolute Gasteiger partial charge is 0.483 e. The molecule has 1 aromatic heterocycles. The van der Waals surface area contributed by atoms with E-state index in [1.165, 1.54) is 16.2 Å². The zero-order valence-corrected chi connectivity index (χ0v) is 14.3. The molecule has 1 aromatic carbocycles. The molecule has 2 aromatic rings. The summed E-state index contributed by atoms with van der Waals surface area (Å²) in [4.78, 5) is 25.5. The maximum absolute atomic E-state index is 12.0. The van der Waals surface area contributed by atoms with Crippen molar-refractivity contribution >= 4 is 23.2 Å². The third-order valence-corrected chi connectivity index (χ3v) is 4.71. The van der Waals surface area contributed by atoms with E-state index in [4.69, 9.17) is 4.74 Å². The summed E-state index contributed by atoms with van der Waals surface area (Å²) in [5.74, 6) is -0.0805. The lowest BCUT2D eigenvalue weighted by molar-refractivity contribution is -0.123. The van der Waals surface area contributed by atoms with Crippen molar-refractivity contribution in [3.63, 3.8) is 0 Å². The Morgan fingerprint density at radius 1 is 1.13 bits per heavy atom. The smallest absolute Gasteiger partial charge is 0.279 e. The fourth-order valence-electron chi connectivity index (χ4n) is 2.07. The Morgan fingerprint density at radius 3 is 2.52 bits per heavy atom. The SMILES string of the molecule is CCc1sc(C(=O)NNC(=O)COc2ccccc2C)cc1C. The molecule has 0 saturated carbocycles. The highest BCUT2D eigenvalue weighted by Crippen LogP contribution is 2.22. The van der Waals surface area contributed by atoms with E-state index in [9.17, 15) is 9.59 Å². The van der Waals surface area contributed by atoms with Crippen molar-refractivity contribution in [3.8, 4) is 5.75 Å². The van der Waals surface area contributed by atoms with Gasteiger partial charge in [-0.05, 0) is 43.5 Å². The molecule has 0 bridgehead atoms. The summed E-state index contributed by atoms with van der Waals surface area (Å²) in [7, 11) is 0. The Kier molecular flexibility index (Phi) is 5.76. The maximum atomic E-state index is 12.0. The van der Waals surface area contributed by atoms with Crippen LogP contribution in [0.25, 0.3) is 0 Å². The van der Waals surface area contributed by atoms with Crippen LogP contribution in [0.5, 0.6) is 5.75 Å². The van der Waals surface area contributed by atoms with E-state index in [0.29, 0.717) is 10.6 Å². The first kappa shape index (κ1) is 17.0. The van der Waals surface area contributed by atoms with Gasteiger partial charge in [-0.2, -0.15) is 0 Å². The third kappa shape index (κ3) is 4.56. The Hall–Kier alpha value is -2.34. The molecule has 6 heteroatoms. The van der Waals surface area contributed by atoms with Crippen LogP contribution in [-0.2, 0) is 11.2 Å². The van der Waals surface area contributed by atoms with Crippen molar-refractivity contribution in [1.29, 1.82) is 0 Å². The van der Waals surface area contributed by atoms with Crippen LogP contribution in [0.4, 0.5) is 0 Å². The Labute approximate surface area is 139 Å². The molecule has 0 unspecified atom stereocenters. The minimum Gasteiger partial charge on any atom is -0.483 e.